The second-order valence-electron chi connectivity index (χ2n) is 4.26. The molecule has 0 atom stereocenters. The molecule has 21 heavy (non-hydrogen) atoms. The van der Waals surface area contributed by atoms with Crippen LogP contribution in [0.15, 0.2) is 54.1 Å². The van der Waals surface area contributed by atoms with E-state index in [1.165, 1.54) is 42.5 Å². The van der Waals surface area contributed by atoms with Gasteiger partial charge in [-0.2, -0.15) is 5.26 Å². The third-order valence-electron chi connectivity index (χ3n) is 2.69. The Morgan fingerprint density at radius 1 is 1.00 bits per heavy atom. The molecule has 0 aliphatic heterocycles. The second kappa shape index (κ2) is 6.26. The van der Waals surface area contributed by atoms with Gasteiger partial charge in [0.15, 0.2) is 0 Å². The molecule has 104 valence electrons. The highest BCUT2D eigenvalue weighted by Crippen LogP contribution is 2.16. The Hall–Kier alpha value is -3.26. The van der Waals surface area contributed by atoms with Crippen LogP contribution >= 0.6 is 0 Å². The smallest absolute Gasteiger partial charge is 0.266 e. The van der Waals surface area contributed by atoms with Crippen molar-refractivity contribution in [3.05, 3.63) is 59.7 Å². The van der Waals surface area contributed by atoms with E-state index < -0.39 is 5.91 Å². The first-order valence-corrected chi connectivity index (χ1v) is 6.10. The van der Waals surface area contributed by atoms with Crippen molar-refractivity contribution in [2.75, 3.05) is 5.32 Å². The first kappa shape index (κ1) is 14.2. The maximum atomic E-state index is 12.0. The number of amides is 1. The number of phenolic OH excluding ortho intramolecular Hbond substituents is 2. The molecule has 0 saturated heterocycles. The Bertz CT molecular complexity index is 711. The second-order valence-corrected chi connectivity index (χ2v) is 4.26. The average molecular weight is 280 g/mol. The summed E-state index contributed by atoms with van der Waals surface area (Å²) in [5, 5.41) is 30.0. The number of hydrogen-bond donors (Lipinski definition) is 3. The van der Waals surface area contributed by atoms with Crippen molar-refractivity contribution in [2.24, 2.45) is 0 Å². The van der Waals surface area contributed by atoms with Crippen LogP contribution < -0.4 is 5.32 Å². The molecular weight excluding hydrogens is 268 g/mol. The summed E-state index contributed by atoms with van der Waals surface area (Å²) in [4.78, 5) is 12.0. The van der Waals surface area contributed by atoms with Gasteiger partial charge in [0.2, 0.25) is 0 Å². The van der Waals surface area contributed by atoms with Gasteiger partial charge in [-0.05, 0) is 48.0 Å². The molecule has 0 unspecified atom stereocenters. The number of carbonyl (C=O) groups excluding carboxylic acids is 1. The number of rotatable bonds is 3. The van der Waals surface area contributed by atoms with Crippen molar-refractivity contribution in [2.45, 2.75) is 0 Å². The minimum atomic E-state index is -0.545. The molecule has 0 aliphatic rings. The summed E-state index contributed by atoms with van der Waals surface area (Å²) >= 11 is 0. The molecule has 2 rings (SSSR count). The van der Waals surface area contributed by atoms with Crippen LogP contribution in [0, 0.1) is 11.3 Å². The van der Waals surface area contributed by atoms with E-state index in [9.17, 15) is 9.90 Å². The predicted molar refractivity (Wildman–Crippen MR) is 78.4 cm³/mol. The topological polar surface area (TPSA) is 93.3 Å². The van der Waals surface area contributed by atoms with Crippen LogP contribution in [0.2, 0.25) is 0 Å². The number of hydrogen-bond acceptors (Lipinski definition) is 4. The molecule has 2 aromatic carbocycles. The van der Waals surface area contributed by atoms with Crippen molar-refractivity contribution in [3.63, 3.8) is 0 Å². The average Bonchev–Trinajstić information content (AvgIpc) is 2.49. The van der Waals surface area contributed by atoms with E-state index in [1.54, 1.807) is 12.1 Å². The quantitative estimate of drug-likeness (QED) is 0.457. The number of nitrogens with zero attached hydrogens (tertiary/aromatic N) is 1. The Balaban J connectivity index is 2.17. The molecule has 0 aliphatic carbocycles. The summed E-state index contributed by atoms with van der Waals surface area (Å²) in [6.45, 7) is 0. The van der Waals surface area contributed by atoms with Crippen LogP contribution in [-0.2, 0) is 4.79 Å². The third kappa shape index (κ3) is 3.85. The lowest BCUT2D eigenvalue weighted by Crippen LogP contribution is -2.13. The van der Waals surface area contributed by atoms with Crippen LogP contribution in [0.4, 0.5) is 5.69 Å². The van der Waals surface area contributed by atoms with E-state index in [-0.39, 0.29) is 17.1 Å². The number of anilines is 1. The van der Waals surface area contributed by atoms with E-state index in [0.717, 1.165) is 0 Å². The van der Waals surface area contributed by atoms with Crippen molar-refractivity contribution >= 4 is 17.7 Å². The van der Waals surface area contributed by atoms with E-state index >= 15 is 0 Å². The number of carbonyl (C=O) groups is 1. The Kier molecular flexibility index (Phi) is 4.22. The van der Waals surface area contributed by atoms with Gasteiger partial charge in [-0.25, -0.2) is 0 Å². The lowest BCUT2D eigenvalue weighted by Gasteiger charge is -2.04. The van der Waals surface area contributed by atoms with Crippen LogP contribution in [0.25, 0.3) is 6.08 Å². The van der Waals surface area contributed by atoms with Gasteiger partial charge in [-0.1, -0.05) is 12.1 Å². The molecule has 0 fully saturated rings. The molecule has 0 heterocycles. The number of phenols is 2. The lowest BCUT2D eigenvalue weighted by atomic mass is 10.1. The molecule has 0 spiro atoms. The SMILES string of the molecule is N#C/C(=C\c1ccc(O)cc1)C(=O)Nc1ccc(O)cc1. The first-order chi connectivity index (χ1) is 10.1. The van der Waals surface area contributed by atoms with Crippen molar-refractivity contribution in [1.82, 2.24) is 0 Å². The molecule has 1 amide bonds. The molecule has 3 N–H and O–H groups in total. The van der Waals surface area contributed by atoms with Gasteiger partial charge in [0.1, 0.15) is 23.1 Å². The molecule has 5 heteroatoms. The van der Waals surface area contributed by atoms with Gasteiger partial charge in [-0.15, -0.1) is 0 Å². The Morgan fingerprint density at radius 2 is 1.52 bits per heavy atom. The summed E-state index contributed by atoms with van der Waals surface area (Å²) in [6.07, 6.45) is 1.43. The van der Waals surface area contributed by atoms with Gasteiger partial charge in [0.25, 0.3) is 5.91 Å². The normalized spacial score (nSPS) is 10.7. The minimum absolute atomic E-state index is 0.0613. The fraction of sp³-hybridized carbons (Fsp3) is 0. The maximum Gasteiger partial charge on any atom is 0.266 e. The zero-order chi connectivity index (χ0) is 15.2. The van der Waals surface area contributed by atoms with Crippen molar-refractivity contribution in [3.8, 4) is 17.6 Å². The van der Waals surface area contributed by atoms with E-state index in [4.69, 9.17) is 10.4 Å². The molecule has 0 bridgehead atoms. The van der Waals surface area contributed by atoms with Crippen LogP contribution in [0.1, 0.15) is 5.56 Å². The lowest BCUT2D eigenvalue weighted by molar-refractivity contribution is -0.112. The summed E-state index contributed by atoms with van der Waals surface area (Å²) < 4.78 is 0. The maximum absolute atomic E-state index is 12.0. The largest absolute Gasteiger partial charge is 0.508 e. The number of nitriles is 1. The summed E-state index contributed by atoms with van der Waals surface area (Å²) in [5.41, 5.74) is 1.05. The summed E-state index contributed by atoms with van der Waals surface area (Å²) in [5.74, 6) is -0.344. The zero-order valence-corrected chi connectivity index (χ0v) is 10.9. The third-order valence-corrected chi connectivity index (χ3v) is 2.69. The van der Waals surface area contributed by atoms with Crippen LogP contribution in [0.5, 0.6) is 11.5 Å². The van der Waals surface area contributed by atoms with Gasteiger partial charge >= 0.3 is 0 Å². The number of aromatic hydroxyl groups is 2. The Morgan fingerprint density at radius 3 is 2.05 bits per heavy atom. The van der Waals surface area contributed by atoms with Crippen molar-refractivity contribution < 1.29 is 15.0 Å². The van der Waals surface area contributed by atoms with Gasteiger partial charge in [0.05, 0.1) is 0 Å². The molecule has 0 aromatic heterocycles. The highest BCUT2D eigenvalue weighted by Gasteiger charge is 2.09. The van der Waals surface area contributed by atoms with Gasteiger partial charge in [0, 0.05) is 5.69 Å². The molecule has 5 nitrogen and oxygen atoms in total. The van der Waals surface area contributed by atoms with E-state index in [1.807, 2.05) is 6.07 Å². The predicted octanol–water partition coefficient (Wildman–Crippen LogP) is 2.64. The molecule has 0 radical (unpaired) electrons. The van der Waals surface area contributed by atoms with Crippen LogP contribution in [0.3, 0.4) is 0 Å². The number of nitrogens with one attached hydrogen (secondary N) is 1. The van der Waals surface area contributed by atoms with Gasteiger partial charge < -0.3 is 15.5 Å². The Labute approximate surface area is 121 Å². The first-order valence-electron chi connectivity index (χ1n) is 6.10. The number of benzene rings is 2. The molecular formula is C16H12N2O3. The zero-order valence-electron chi connectivity index (χ0n) is 10.9. The molecule has 0 saturated carbocycles. The fourth-order valence-corrected chi connectivity index (χ4v) is 1.63. The fourth-order valence-electron chi connectivity index (χ4n) is 1.63. The summed E-state index contributed by atoms with van der Waals surface area (Å²) in [7, 11) is 0. The van der Waals surface area contributed by atoms with E-state index in [0.29, 0.717) is 11.3 Å². The highest BCUT2D eigenvalue weighted by molar-refractivity contribution is 6.09. The minimum Gasteiger partial charge on any atom is -0.508 e. The standard InChI is InChI=1S/C16H12N2O3/c17-10-12(9-11-1-5-14(19)6-2-11)16(21)18-13-3-7-15(20)8-4-13/h1-9,19-20H,(H,18,21)/b12-9+. The highest BCUT2D eigenvalue weighted by atomic mass is 16.3. The van der Waals surface area contributed by atoms with Crippen molar-refractivity contribution in [1.29, 1.82) is 5.26 Å². The molecule has 2 aromatic rings. The summed E-state index contributed by atoms with van der Waals surface area (Å²) in [6, 6.07) is 13.9. The monoisotopic (exact) mass is 280 g/mol. The van der Waals surface area contributed by atoms with E-state index in [2.05, 4.69) is 5.32 Å². The van der Waals surface area contributed by atoms with Gasteiger partial charge in [-0.3, -0.25) is 4.79 Å². The van der Waals surface area contributed by atoms with Crippen LogP contribution in [-0.4, -0.2) is 16.1 Å².